The molecule has 1 aliphatic heterocycles. The molecule has 2 aromatic carbocycles. The number of hydrogen-bond donors (Lipinski definition) is 2. The Morgan fingerprint density at radius 2 is 1.54 bits per heavy atom. The van der Waals surface area contributed by atoms with Gasteiger partial charge in [-0.15, -0.1) is 0 Å². The van der Waals surface area contributed by atoms with Crippen LogP contribution in [0.4, 0.5) is 0 Å². The average Bonchev–Trinajstić information content (AvgIpc) is 2.72. The van der Waals surface area contributed by atoms with Gasteiger partial charge in [-0.05, 0) is 18.1 Å². The molecule has 2 aromatic rings. The molecule has 0 radical (unpaired) electrons. The van der Waals surface area contributed by atoms with E-state index in [1.54, 1.807) is 0 Å². The molecule has 152 valence electrons. The average molecular weight is 388 g/mol. The molecule has 0 amide bonds. The summed E-state index contributed by atoms with van der Waals surface area (Å²) in [6.07, 6.45) is -3.59. The molecule has 2 N–H and O–H groups in total. The summed E-state index contributed by atoms with van der Waals surface area (Å²) >= 11 is 0. The second kappa shape index (κ2) is 9.60. The van der Waals surface area contributed by atoms with E-state index in [0.717, 1.165) is 11.1 Å². The van der Waals surface area contributed by atoms with Crippen LogP contribution in [-0.4, -0.2) is 54.1 Å². The highest BCUT2D eigenvalue weighted by Crippen LogP contribution is 2.32. The normalized spacial score (nSPS) is 30.3. The van der Waals surface area contributed by atoms with Crippen molar-refractivity contribution >= 4 is 0 Å². The van der Waals surface area contributed by atoms with Crippen LogP contribution in [0.5, 0.6) is 0 Å². The Hall–Kier alpha value is -1.80. The van der Waals surface area contributed by atoms with Crippen molar-refractivity contribution in [2.75, 3.05) is 13.7 Å². The maximum Gasteiger partial charge on any atom is 0.186 e. The molecule has 0 aromatic heterocycles. The molecule has 1 aliphatic rings. The standard InChI is InChI=1S/C22H28O6/c1-22(24)18(15-26-13-16-9-5-3-6-10-16)28-21(25-2)19(20(22)23)27-14-17-11-7-4-8-12-17/h3-12,18-21,23-24H,13-15H2,1-2H3/t18-,19-,20-,21+,22-/m1/s1. The van der Waals surface area contributed by atoms with E-state index in [9.17, 15) is 10.2 Å². The van der Waals surface area contributed by atoms with E-state index in [-0.39, 0.29) is 13.2 Å². The van der Waals surface area contributed by atoms with Gasteiger partial charge in [0, 0.05) is 7.11 Å². The summed E-state index contributed by atoms with van der Waals surface area (Å²) in [7, 11) is 1.48. The Morgan fingerprint density at radius 3 is 2.11 bits per heavy atom. The van der Waals surface area contributed by atoms with Crippen LogP contribution in [0, 0.1) is 0 Å². The molecule has 0 unspecified atom stereocenters. The van der Waals surface area contributed by atoms with E-state index in [4.69, 9.17) is 18.9 Å². The summed E-state index contributed by atoms with van der Waals surface area (Å²) in [5.41, 5.74) is 0.427. The molecule has 5 atom stereocenters. The molecule has 6 heteroatoms. The van der Waals surface area contributed by atoms with Gasteiger partial charge in [0.15, 0.2) is 6.29 Å². The first kappa shape index (κ1) is 20.9. The quantitative estimate of drug-likeness (QED) is 0.723. The first-order chi connectivity index (χ1) is 13.5. The summed E-state index contributed by atoms with van der Waals surface area (Å²) < 4.78 is 22.8. The summed E-state index contributed by atoms with van der Waals surface area (Å²) in [5, 5.41) is 21.7. The molecule has 1 fully saturated rings. The van der Waals surface area contributed by atoms with E-state index in [1.807, 2.05) is 60.7 Å². The number of ether oxygens (including phenoxy) is 4. The minimum atomic E-state index is -1.55. The monoisotopic (exact) mass is 388 g/mol. The van der Waals surface area contributed by atoms with Crippen LogP contribution in [0.15, 0.2) is 60.7 Å². The molecule has 1 heterocycles. The maximum atomic E-state index is 10.9. The van der Waals surface area contributed by atoms with E-state index < -0.39 is 30.2 Å². The molecule has 0 bridgehead atoms. The third-order valence-electron chi connectivity index (χ3n) is 5.03. The molecule has 0 saturated carbocycles. The number of methoxy groups -OCH3 is 1. The van der Waals surface area contributed by atoms with Crippen molar-refractivity contribution < 1.29 is 29.2 Å². The van der Waals surface area contributed by atoms with Crippen LogP contribution >= 0.6 is 0 Å². The van der Waals surface area contributed by atoms with E-state index >= 15 is 0 Å². The van der Waals surface area contributed by atoms with Gasteiger partial charge in [0.05, 0.1) is 19.8 Å². The van der Waals surface area contributed by atoms with Crippen molar-refractivity contribution in [1.82, 2.24) is 0 Å². The Balaban J connectivity index is 1.60. The highest BCUT2D eigenvalue weighted by molar-refractivity contribution is 5.14. The zero-order valence-electron chi connectivity index (χ0n) is 16.2. The zero-order chi connectivity index (χ0) is 20.0. The van der Waals surface area contributed by atoms with Crippen molar-refractivity contribution in [2.24, 2.45) is 0 Å². The summed E-state index contributed by atoms with van der Waals surface area (Å²) in [6, 6.07) is 19.3. The van der Waals surface area contributed by atoms with Crippen molar-refractivity contribution in [3.63, 3.8) is 0 Å². The first-order valence-electron chi connectivity index (χ1n) is 9.38. The van der Waals surface area contributed by atoms with Gasteiger partial charge in [0.25, 0.3) is 0 Å². The van der Waals surface area contributed by atoms with E-state index in [0.29, 0.717) is 6.61 Å². The summed E-state index contributed by atoms with van der Waals surface area (Å²) in [4.78, 5) is 0. The predicted molar refractivity (Wildman–Crippen MR) is 103 cm³/mol. The molecular formula is C22H28O6. The van der Waals surface area contributed by atoms with Gasteiger partial charge in [-0.1, -0.05) is 60.7 Å². The van der Waals surface area contributed by atoms with Gasteiger partial charge in [-0.25, -0.2) is 0 Å². The SMILES string of the molecule is CO[C@H]1O[C@H](COCc2ccccc2)[C@@](C)(O)[C@H](O)[C@H]1OCc1ccccc1. The van der Waals surface area contributed by atoms with Crippen LogP contribution in [-0.2, 0) is 32.2 Å². The lowest BCUT2D eigenvalue weighted by atomic mass is 9.86. The number of rotatable bonds is 8. The minimum Gasteiger partial charge on any atom is -0.387 e. The lowest BCUT2D eigenvalue weighted by Crippen LogP contribution is -2.66. The summed E-state index contributed by atoms with van der Waals surface area (Å²) in [5.74, 6) is 0. The van der Waals surface area contributed by atoms with Crippen molar-refractivity contribution in [2.45, 2.75) is 50.3 Å². The predicted octanol–water partition coefficient (Wildman–Crippen LogP) is 2.27. The zero-order valence-corrected chi connectivity index (χ0v) is 16.2. The minimum absolute atomic E-state index is 0.115. The van der Waals surface area contributed by atoms with Gasteiger partial charge >= 0.3 is 0 Å². The Labute approximate surface area is 165 Å². The molecule has 0 spiro atoms. The number of aliphatic hydroxyl groups is 2. The highest BCUT2D eigenvalue weighted by Gasteiger charge is 2.53. The van der Waals surface area contributed by atoms with Crippen LogP contribution in [0.1, 0.15) is 18.1 Å². The molecule has 0 aliphatic carbocycles. The van der Waals surface area contributed by atoms with Crippen molar-refractivity contribution in [1.29, 1.82) is 0 Å². The number of aliphatic hydroxyl groups excluding tert-OH is 1. The number of benzene rings is 2. The van der Waals surface area contributed by atoms with E-state index in [1.165, 1.54) is 14.0 Å². The summed E-state index contributed by atoms with van der Waals surface area (Å²) in [6.45, 7) is 2.30. The van der Waals surface area contributed by atoms with E-state index in [2.05, 4.69) is 0 Å². The largest absolute Gasteiger partial charge is 0.387 e. The third kappa shape index (κ3) is 4.97. The second-order valence-corrected chi connectivity index (χ2v) is 7.16. The third-order valence-corrected chi connectivity index (χ3v) is 5.03. The molecule has 3 rings (SSSR count). The molecular weight excluding hydrogens is 360 g/mol. The fourth-order valence-corrected chi connectivity index (χ4v) is 3.24. The fourth-order valence-electron chi connectivity index (χ4n) is 3.24. The smallest absolute Gasteiger partial charge is 0.186 e. The van der Waals surface area contributed by atoms with Gasteiger partial charge in [-0.2, -0.15) is 0 Å². The molecule has 1 saturated heterocycles. The van der Waals surface area contributed by atoms with Gasteiger partial charge in [-0.3, -0.25) is 0 Å². The van der Waals surface area contributed by atoms with Gasteiger partial charge < -0.3 is 29.2 Å². The van der Waals surface area contributed by atoms with Crippen molar-refractivity contribution in [3.05, 3.63) is 71.8 Å². The lowest BCUT2D eigenvalue weighted by Gasteiger charge is -2.47. The fraction of sp³-hybridized carbons (Fsp3) is 0.455. The van der Waals surface area contributed by atoms with Crippen LogP contribution in [0.3, 0.4) is 0 Å². The maximum absolute atomic E-state index is 10.9. The van der Waals surface area contributed by atoms with Crippen LogP contribution in [0.2, 0.25) is 0 Å². The highest BCUT2D eigenvalue weighted by atomic mass is 16.7. The first-order valence-corrected chi connectivity index (χ1v) is 9.38. The Kier molecular flexibility index (Phi) is 7.18. The van der Waals surface area contributed by atoms with Crippen molar-refractivity contribution in [3.8, 4) is 0 Å². The van der Waals surface area contributed by atoms with Gasteiger partial charge in [0.2, 0.25) is 0 Å². The topological polar surface area (TPSA) is 77.4 Å². The van der Waals surface area contributed by atoms with Gasteiger partial charge in [0.1, 0.15) is 23.9 Å². The van der Waals surface area contributed by atoms with Crippen LogP contribution < -0.4 is 0 Å². The lowest BCUT2D eigenvalue weighted by molar-refractivity contribution is -0.333. The molecule has 6 nitrogen and oxygen atoms in total. The Morgan fingerprint density at radius 1 is 0.964 bits per heavy atom. The van der Waals surface area contributed by atoms with Crippen LogP contribution in [0.25, 0.3) is 0 Å². The number of hydrogen-bond acceptors (Lipinski definition) is 6. The second-order valence-electron chi connectivity index (χ2n) is 7.16. The Bertz CT molecular complexity index is 701. The molecule has 28 heavy (non-hydrogen) atoms.